The zero-order valence-corrected chi connectivity index (χ0v) is 10.8. The van der Waals surface area contributed by atoms with Crippen LogP contribution in [0, 0.1) is 12.1 Å². The molecule has 0 aliphatic carbocycles. The highest BCUT2D eigenvalue weighted by Gasteiger charge is 2.16. The number of aryl methyl sites for hydroxylation is 1. The minimum absolute atomic E-state index is 0.00996. The van der Waals surface area contributed by atoms with Crippen LogP contribution in [0.1, 0.15) is 16.1 Å². The summed E-state index contributed by atoms with van der Waals surface area (Å²) in [5.74, 6) is -0.908. The summed E-state index contributed by atoms with van der Waals surface area (Å²) in [6, 6.07) is 4.40. The number of thiazole rings is 1. The Kier molecular flexibility index (Phi) is 3.49. The van der Waals surface area contributed by atoms with Gasteiger partial charge < -0.3 is 5.11 Å². The molecule has 2 rings (SSSR count). The van der Waals surface area contributed by atoms with E-state index in [2.05, 4.69) is 10.3 Å². The number of benzene rings is 1. The van der Waals surface area contributed by atoms with Crippen molar-refractivity contribution in [1.29, 1.82) is 0 Å². The van der Waals surface area contributed by atoms with Crippen molar-refractivity contribution in [2.24, 2.45) is 0 Å². The molecule has 2 aromatic rings. The van der Waals surface area contributed by atoms with Gasteiger partial charge in [-0.3, -0.25) is 10.1 Å². The van der Waals surface area contributed by atoms with Crippen molar-refractivity contribution in [3.63, 3.8) is 0 Å². The molecule has 0 fully saturated rings. The van der Waals surface area contributed by atoms with Crippen LogP contribution in [0.2, 0.25) is 5.02 Å². The van der Waals surface area contributed by atoms with Crippen LogP contribution in [0.3, 0.4) is 0 Å². The van der Waals surface area contributed by atoms with Gasteiger partial charge in [0.15, 0.2) is 5.13 Å². The number of phenolic OH excluding ortho intramolecular Hbond substituents is 1. The van der Waals surface area contributed by atoms with Crippen molar-refractivity contribution in [1.82, 2.24) is 4.98 Å². The number of carbonyl (C=O) groups excluding carboxylic acids is 1. The first-order valence-corrected chi connectivity index (χ1v) is 6.10. The Labute approximate surface area is 111 Å². The molecule has 7 heteroatoms. The molecule has 94 valence electrons. The molecule has 0 aliphatic rings. The molecule has 2 N–H and O–H groups in total. The van der Waals surface area contributed by atoms with E-state index < -0.39 is 11.0 Å². The number of aromatic hydroxyl groups is 1. The van der Waals surface area contributed by atoms with Gasteiger partial charge in [-0.15, -0.1) is 0 Å². The fourth-order valence-corrected chi connectivity index (χ4v) is 2.16. The Morgan fingerprint density at radius 1 is 1.56 bits per heavy atom. The number of nitrogens with zero attached hydrogens (tertiary/aromatic N) is 1. The van der Waals surface area contributed by atoms with E-state index in [1.807, 2.05) is 0 Å². The van der Waals surface area contributed by atoms with Gasteiger partial charge in [-0.2, -0.15) is 4.39 Å². The van der Waals surface area contributed by atoms with Gasteiger partial charge >= 0.3 is 0 Å². The van der Waals surface area contributed by atoms with Crippen molar-refractivity contribution in [2.75, 3.05) is 5.32 Å². The molecule has 0 radical (unpaired) electrons. The number of amides is 1. The highest BCUT2D eigenvalue weighted by Crippen LogP contribution is 2.28. The third-order valence-electron chi connectivity index (χ3n) is 2.19. The van der Waals surface area contributed by atoms with Crippen LogP contribution in [-0.4, -0.2) is 16.0 Å². The highest BCUT2D eigenvalue weighted by atomic mass is 35.5. The Hall–Kier alpha value is -1.66. The van der Waals surface area contributed by atoms with Crippen LogP contribution >= 0.6 is 22.9 Å². The maximum absolute atomic E-state index is 13.1. The van der Waals surface area contributed by atoms with E-state index >= 15 is 0 Å². The van der Waals surface area contributed by atoms with E-state index in [-0.39, 0.29) is 27.2 Å². The van der Waals surface area contributed by atoms with Gasteiger partial charge in [-0.05, 0) is 19.1 Å². The van der Waals surface area contributed by atoms with E-state index in [4.69, 9.17) is 11.6 Å². The van der Waals surface area contributed by atoms with Crippen molar-refractivity contribution in [2.45, 2.75) is 6.92 Å². The lowest BCUT2D eigenvalue weighted by Crippen LogP contribution is -2.11. The maximum atomic E-state index is 13.1. The molecule has 1 aromatic heterocycles. The summed E-state index contributed by atoms with van der Waals surface area (Å²) in [5.41, 5.74) is 0.223. The van der Waals surface area contributed by atoms with Crippen molar-refractivity contribution < 1.29 is 14.3 Å². The third kappa shape index (κ3) is 2.44. The van der Waals surface area contributed by atoms with Crippen LogP contribution in [0.15, 0.2) is 18.2 Å². The minimum Gasteiger partial charge on any atom is -0.506 e. The Balaban J connectivity index is 2.24. The van der Waals surface area contributed by atoms with Crippen molar-refractivity contribution >= 4 is 34.0 Å². The molecular formula is C11H8ClFN2O2S. The summed E-state index contributed by atoms with van der Waals surface area (Å²) >= 11 is 6.41. The fourth-order valence-electron chi connectivity index (χ4n) is 1.29. The first-order valence-electron chi connectivity index (χ1n) is 4.91. The molecule has 1 aromatic carbocycles. The summed E-state index contributed by atoms with van der Waals surface area (Å²) in [6.45, 7) is 1.50. The van der Waals surface area contributed by atoms with Gasteiger partial charge in [0, 0.05) is 0 Å². The van der Waals surface area contributed by atoms with Crippen LogP contribution < -0.4 is 5.32 Å². The highest BCUT2D eigenvalue weighted by molar-refractivity contribution is 7.14. The number of phenols is 1. The van der Waals surface area contributed by atoms with Gasteiger partial charge in [-0.1, -0.05) is 29.0 Å². The summed E-state index contributed by atoms with van der Waals surface area (Å²) in [4.78, 5) is 15.6. The summed E-state index contributed by atoms with van der Waals surface area (Å²) in [5, 5.41) is 11.8. The van der Waals surface area contributed by atoms with Gasteiger partial charge in [-0.25, -0.2) is 4.98 Å². The topological polar surface area (TPSA) is 62.2 Å². The predicted molar refractivity (Wildman–Crippen MR) is 67.9 cm³/mol. The van der Waals surface area contributed by atoms with Crippen LogP contribution in [0.5, 0.6) is 5.75 Å². The minimum atomic E-state index is -0.594. The molecule has 4 nitrogen and oxygen atoms in total. The second-order valence-corrected chi connectivity index (χ2v) is 4.82. The summed E-state index contributed by atoms with van der Waals surface area (Å²) in [6.07, 6.45) is 0. The summed E-state index contributed by atoms with van der Waals surface area (Å²) in [7, 11) is 0. The molecule has 0 bridgehead atoms. The van der Waals surface area contributed by atoms with Crippen molar-refractivity contribution in [3.8, 4) is 5.75 Å². The third-order valence-corrected chi connectivity index (χ3v) is 3.36. The lowest BCUT2D eigenvalue weighted by molar-refractivity contribution is 0.102. The number of anilines is 1. The molecule has 0 unspecified atom stereocenters. The second kappa shape index (κ2) is 4.91. The first-order chi connectivity index (χ1) is 8.49. The molecule has 1 amide bonds. The molecular weight excluding hydrogens is 279 g/mol. The molecule has 1 heterocycles. The molecule has 0 atom stereocenters. The van der Waals surface area contributed by atoms with Gasteiger partial charge in [0.1, 0.15) is 5.75 Å². The lowest BCUT2D eigenvalue weighted by Gasteiger charge is -2.04. The van der Waals surface area contributed by atoms with E-state index in [1.54, 1.807) is 0 Å². The fraction of sp³-hybridized carbons (Fsp3) is 0.0909. The zero-order chi connectivity index (χ0) is 13.3. The first kappa shape index (κ1) is 12.8. The number of carbonyl (C=O) groups is 1. The maximum Gasteiger partial charge on any atom is 0.261 e. The average molecular weight is 287 g/mol. The number of nitrogens with one attached hydrogen (secondary N) is 1. The van der Waals surface area contributed by atoms with Crippen LogP contribution in [0.4, 0.5) is 9.52 Å². The molecule has 0 saturated carbocycles. The Bertz CT molecular complexity index is 596. The van der Waals surface area contributed by atoms with E-state index in [0.29, 0.717) is 0 Å². The van der Waals surface area contributed by atoms with Gasteiger partial charge in [0.25, 0.3) is 5.91 Å². The van der Waals surface area contributed by atoms with Gasteiger partial charge in [0.05, 0.1) is 16.3 Å². The molecule has 0 aliphatic heterocycles. The number of aromatic nitrogens is 1. The predicted octanol–water partition coefficient (Wildman–Crippen LogP) is 3.20. The molecule has 0 spiro atoms. The van der Waals surface area contributed by atoms with Crippen LogP contribution in [-0.2, 0) is 0 Å². The smallest absolute Gasteiger partial charge is 0.261 e. The monoisotopic (exact) mass is 286 g/mol. The van der Waals surface area contributed by atoms with E-state index in [9.17, 15) is 14.3 Å². The number of hydrogen-bond donors (Lipinski definition) is 2. The Morgan fingerprint density at radius 3 is 2.89 bits per heavy atom. The quantitative estimate of drug-likeness (QED) is 0.891. The van der Waals surface area contributed by atoms with Gasteiger partial charge in [0.2, 0.25) is 5.13 Å². The number of hydrogen-bond acceptors (Lipinski definition) is 4. The van der Waals surface area contributed by atoms with E-state index in [0.717, 1.165) is 11.3 Å². The largest absolute Gasteiger partial charge is 0.506 e. The number of rotatable bonds is 2. The lowest BCUT2D eigenvalue weighted by atomic mass is 10.2. The van der Waals surface area contributed by atoms with E-state index in [1.165, 1.54) is 25.1 Å². The normalized spacial score (nSPS) is 10.4. The summed E-state index contributed by atoms with van der Waals surface area (Å²) < 4.78 is 13.1. The number of para-hydroxylation sites is 1. The SMILES string of the molecule is Cc1nc(NC(=O)c2cccc(Cl)c2O)sc1F. The standard InChI is InChI=1S/C11H8ClFN2O2S/c1-5-9(13)18-11(14-5)15-10(17)6-3-2-4-7(12)8(6)16/h2-4,16H,1H3,(H,14,15,17). The second-order valence-electron chi connectivity index (χ2n) is 3.47. The van der Waals surface area contributed by atoms with Crippen LogP contribution in [0.25, 0.3) is 0 Å². The van der Waals surface area contributed by atoms with Crippen molar-refractivity contribution in [3.05, 3.63) is 39.6 Å². The Morgan fingerprint density at radius 2 is 2.28 bits per heavy atom. The molecule has 0 saturated heterocycles. The number of halogens is 2. The molecule has 18 heavy (non-hydrogen) atoms. The average Bonchev–Trinajstić information content (AvgIpc) is 2.61. The zero-order valence-electron chi connectivity index (χ0n) is 9.20.